The summed E-state index contributed by atoms with van der Waals surface area (Å²) >= 11 is 0. The van der Waals surface area contributed by atoms with Crippen molar-refractivity contribution in [2.24, 2.45) is 11.8 Å². The fraction of sp³-hybridized carbons (Fsp3) is 0.519. The van der Waals surface area contributed by atoms with Gasteiger partial charge in [-0.3, -0.25) is 4.79 Å². The summed E-state index contributed by atoms with van der Waals surface area (Å²) < 4.78 is 6.73. The van der Waals surface area contributed by atoms with Gasteiger partial charge in [0.25, 0.3) is 0 Å². The zero-order valence-electron chi connectivity index (χ0n) is 18.6. The molecule has 164 valence electrons. The van der Waals surface area contributed by atoms with Crippen LogP contribution in [0.3, 0.4) is 0 Å². The SMILES string of the molecule is Cc1cccc(N2CCC3(CCc4ccc([C@H](C5CC5)[C@H](C)C(=O)O)cc4O3)CC2)c1. The number of rotatable bonds is 5. The third kappa shape index (κ3) is 4.05. The van der Waals surface area contributed by atoms with Crippen LogP contribution in [0, 0.1) is 18.8 Å². The molecule has 5 rings (SSSR count). The first-order valence-electron chi connectivity index (χ1n) is 11.8. The zero-order valence-corrected chi connectivity index (χ0v) is 18.6. The molecule has 0 unspecified atom stereocenters. The summed E-state index contributed by atoms with van der Waals surface area (Å²) in [7, 11) is 0. The summed E-state index contributed by atoms with van der Waals surface area (Å²) in [5, 5.41) is 9.63. The Kier molecular flexibility index (Phi) is 5.19. The van der Waals surface area contributed by atoms with Gasteiger partial charge in [-0.1, -0.05) is 31.2 Å². The number of nitrogens with zero attached hydrogens (tertiary/aromatic N) is 1. The van der Waals surface area contributed by atoms with Crippen LogP contribution < -0.4 is 9.64 Å². The number of benzene rings is 2. The summed E-state index contributed by atoms with van der Waals surface area (Å²) in [6.07, 6.45) is 6.45. The summed E-state index contributed by atoms with van der Waals surface area (Å²) in [4.78, 5) is 14.2. The lowest BCUT2D eigenvalue weighted by molar-refractivity contribution is -0.142. The maximum absolute atomic E-state index is 11.7. The molecule has 1 spiro atoms. The lowest BCUT2D eigenvalue weighted by Crippen LogP contribution is -2.49. The summed E-state index contributed by atoms with van der Waals surface area (Å²) in [6, 6.07) is 15.3. The normalized spacial score (nSPS) is 21.8. The van der Waals surface area contributed by atoms with Crippen molar-refractivity contribution in [3.63, 3.8) is 0 Å². The summed E-state index contributed by atoms with van der Waals surface area (Å²) in [5.41, 5.74) is 4.94. The highest BCUT2D eigenvalue weighted by atomic mass is 16.5. The maximum atomic E-state index is 11.7. The number of aryl methyl sites for hydroxylation is 2. The van der Waals surface area contributed by atoms with E-state index in [-0.39, 0.29) is 17.4 Å². The quantitative estimate of drug-likeness (QED) is 0.688. The Morgan fingerprint density at radius 2 is 1.90 bits per heavy atom. The summed E-state index contributed by atoms with van der Waals surface area (Å²) in [5.74, 6) is 0.527. The van der Waals surface area contributed by atoms with Crippen LogP contribution in [0.25, 0.3) is 0 Å². The molecular formula is C27H33NO3. The number of carboxylic acid groups (broad SMARTS) is 1. The van der Waals surface area contributed by atoms with Gasteiger partial charge >= 0.3 is 5.97 Å². The van der Waals surface area contributed by atoms with Crippen molar-refractivity contribution in [3.8, 4) is 5.75 Å². The number of hydrogen-bond acceptors (Lipinski definition) is 3. The molecule has 2 atom stereocenters. The maximum Gasteiger partial charge on any atom is 0.306 e. The van der Waals surface area contributed by atoms with Gasteiger partial charge in [0.15, 0.2) is 0 Å². The van der Waals surface area contributed by atoms with Gasteiger partial charge in [-0.05, 0) is 79.3 Å². The summed E-state index contributed by atoms with van der Waals surface area (Å²) in [6.45, 7) is 6.03. The Labute approximate surface area is 185 Å². The fourth-order valence-corrected chi connectivity index (χ4v) is 5.65. The second kappa shape index (κ2) is 7.89. The molecule has 31 heavy (non-hydrogen) atoms. The molecule has 2 fully saturated rings. The molecular weight excluding hydrogens is 386 g/mol. The molecule has 2 aromatic carbocycles. The average Bonchev–Trinajstić information content (AvgIpc) is 3.59. The molecule has 1 saturated carbocycles. The molecule has 2 aliphatic heterocycles. The van der Waals surface area contributed by atoms with Crippen LogP contribution in [0.1, 0.15) is 61.6 Å². The van der Waals surface area contributed by atoms with Gasteiger partial charge in [-0.2, -0.15) is 0 Å². The minimum atomic E-state index is -0.699. The van der Waals surface area contributed by atoms with E-state index in [0.717, 1.165) is 62.9 Å². The Balaban J connectivity index is 1.33. The van der Waals surface area contributed by atoms with E-state index in [9.17, 15) is 9.90 Å². The van der Waals surface area contributed by atoms with Crippen LogP contribution >= 0.6 is 0 Å². The zero-order chi connectivity index (χ0) is 21.6. The Morgan fingerprint density at radius 3 is 2.58 bits per heavy atom. The van der Waals surface area contributed by atoms with Gasteiger partial charge in [-0.15, -0.1) is 0 Å². The minimum Gasteiger partial charge on any atom is -0.487 e. The van der Waals surface area contributed by atoms with E-state index in [1.165, 1.54) is 16.8 Å². The second-order valence-electron chi connectivity index (χ2n) is 9.97. The molecule has 0 amide bonds. The minimum absolute atomic E-state index is 0.0839. The Bertz CT molecular complexity index is 972. The Morgan fingerprint density at radius 1 is 1.13 bits per heavy atom. The van der Waals surface area contributed by atoms with Crippen LogP contribution in [0.4, 0.5) is 5.69 Å². The van der Waals surface area contributed by atoms with Crippen molar-refractivity contribution < 1.29 is 14.6 Å². The molecule has 1 N–H and O–H groups in total. The molecule has 2 aromatic rings. The predicted octanol–water partition coefficient (Wildman–Crippen LogP) is 5.57. The van der Waals surface area contributed by atoms with Gasteiger partial charge in [0.1, 0.15) is 11.4 Å². The van der Waals surface area contributed by atoms with Crippen molar-refractivity contribution in [1.82, 2.24) is 0 Å². The number of carboxylic acids is 1. The van der Waals surface area contributed by atoms with Crippen molar-refractivity contribution in [3.05, 3.63) is 59.2 Å². The van der Waals surface area contributed by atoms with Gasteiger partial charge in [0.2, 0.25) is 0 Å². The molecule has 2 heterocycles. The first-order valence-corrected chi connectivity index (χ1v) is 11.8. The van der Waals surface area contributed by atoms with Crippen LogP contribution in [0.5, 0.6) is 5.75 Å². The van der Waals surface area contributed by atoms with Gasteiger partial charge in [0.05, 0.1) is 5.92 Å². The largest absolute Gasteiger partial charge is 0.487 e. The van der Waals surface area contributed by atoms with Crippen LogP contribution in [-0.4, -0.2) is 29.8 Å². The van der Waals surface area contributed by atoms with Gasteiger partial charge in [-0.25, -0.2) is 0 Å². The van der Waals surface area contributed by atoms with E-state index in [0.29, 0.717) is 5.92 Å². The van der Waals surface area contributed by atoms with Crippen molar-refractivity contribution in [2.45, 2.75) is 63.9 Å². The smallest absolute Gasteiger partial charge is 0.306 e. The van der Waals surface area contributed by atoms with Gasteiger partial charge < -0.3 is 14.7 Å². The predicted molar refractivity (Wildman–Crippen MR) is 123 cm³/mol. The molecule has 1 aliphatic carbocycles. The van der Waals surface area contributed by atoms with Gasteiger partial charge in [0, 0.05) is 31.6 Å². The highest BCUT2D eigenvalue weighted by molar-refractivity contribution is 5.71. The molecule has 1 saturated heterocycles. The van der Waals surface area contributed by atoms with Crippen LogP contribution in [0.15, 0.2) is 42.5 Å². The average molecular weight is 420 g/mol. The number of ether oxygens (including phenoxy) is 1. The lowest BCUT2D eigenvalue weighted by Gasteiger charge is -2.45. The molecule has 0 radical (unpaired) electrons. The molecule has 4 heteroatoms. The van der Waals surface area contributed by atoms with E-state index in [2.05, 4.69) is 54.3 Å². The van der Waals surface area contributed by atoms with E-state index in [1.54, 1.807) is 0 Å². The number of hydrogen-bond donors (Lipinski definition) is 1. The number of piperidine rings is 1. The van der Waals surface area contributed by atoms with Crippen LogP contribution in [0.2, 0.25) is 0 Å². The van der Waals surface area contributed by atoms with Crippen molar-refractivity contribution in [2.75, 3.05) is 18.0 Å². The number of carbonyl (C=O) groups is 1. The molecule has 0 bridgehead atoms. The van der Waals surface area contributed by atoms with Crippen molar-refractivity contribution in [1.29, 1.82) is 0 Å². The number of aliphatic carboxylic acids is 1. The second-order valence-corrected chi connectivity index (χ2v) is 9.97. The Hall–Kier alpha value is -2.49. The molecule has 0 aromatic heterocycles. The molecule has 4 nitrogen and oxygen atoms in total. The molecule has 3 aliphatic rings. The van der Waals surface area contributed by atoms with Crippen LogP contribution in [-0.2, 0) is 11.2 Å². The third-order valence-corrected chi connectivity index (χ3v) is 7.75. The number of fused-ring (bicyclic) bond motifs is 1. The standard InChI is InChI=1S/C27H33NO3/c1-18-4-3-5-23(16-18)28-14-12-27(13-15-28)11-10-20-6-9-22(17-24(20)31-27)25(21-7-8-21)19(2)26(29)30/h3-6,9,16-17,19,21,25H,7-8,10-15H2,1-2H3,(H,29,30)/t19-,25-/m0/s1. The van der Waals surface area contributed by atoms with E-state index >= 15 is 0 Å². The highest BCUT2D eigenvalue weighted by Crippen LogP contribution is 2.49. The van der Waals surface area contributed by atoms with E-state index in [4.69, 9.17) is 4.74 Å². The topological polar surface area (TPSA) is 49.8 Å². The first kappa shape index (κ1) is 20.4. The number of anilines is 1. The fourth-order valence-electron chi connectivity index (χ4n) is 5.65. The first-order chi connectivity index (χ1) is 14.9. The van der Waals surface area contributed by atoms with E-state index in [1.807, 2.05) is 6.92 Å². The monoisotopic (exact) mass is 419 g/mol. The lowest BCUT2D eigenvalue weighted by atomic mass is 9.80. The third-order valence-electron chi connectivity index (χ3n) is 7.75. The van der Waals surface area contributed by atoms with Crippen molar-refractivity contribution >= 4 is 11.7 Å². The van der Waals surface area contributed by atoms with E-state index < -0.39 is 5.97 Å². The highest BCUT2D eigenvalue weighted by Gasteiger charge is 2.42.